The molecule has 1 aromatic rings. The highest BCUT2D eigenvalue weighted by atomic mass is 16.5. The van der Waals surface area contributed by atoms with Crippen molar-refractivity contribution in [1.82, 2.24) is 10.6 Å². The quantitative estimate of drug-likeness (QED) is 0.319. The number of aryl methyl sites for hydroxylation is 1. The molecule has 1 fully saturated rings. The number of guanidine groups is 1. The van der Waals surface area contributed by atoms with E-state index in [4.69, 9.17) is 9.47 Å². The van der Waals surface area contributed by atoms with Crippen LogP contribution in [0.4, 0.5) is 0 Å². The Hall–Kier alpha value is -1.79. The largest absolute Gasteiger partial charge is 0.491 e. The van der Waals surface area contributed by atoms with Crippen molar-refractivity contribution in [1.29, 1.82) is 0 Å². The number of rotatable bonds is 11. The van der Waals surface area contributed by atoms with Crippen LogP contribution in [0.2, 0.25) is 0 Å². The zero-order valence-electron chi connectivity index (χ0n) is 16.3. The summed E-state index contributed by atoms with van der Waals surface area (Å²) in [7, 11) is 0. The highest BCUT2D eigenvalue weighted by Crippen LogP contribution is 2.44. The summed E-state index contributed by atoms with van der Waals surface area (Å²) in [5.41, 5.74) is 2.26. The van der Waals surface area contributed by atoms with Crippen LogP contribution in [-0.2, 0) is 11.3 Å². The van der Waals surface area contributed by atoms with Gasteiger partial charge in [-0.05, 0) is 45.2 Å². The maximum absolute atomic E-state index is 9.46. The van der Waals surface area contributed by atoms with Crippen molar-refractivity contribution >= 4 is 5.96 Å². The third-order valence-corrected chi connectivity index (χ3v) is 4.59. The molecule has 1 aromatic carbocycles. The molecule has 0 unspecified atom stereocenters. The molecule has 0 amide bonds. The van der Waals surface area contributed by atoms with Crippen molar-refractivity contribution in [3.8, 4) is 5.75 Å². The summed E-state index contributed by atoms with van der Waals surface area (Å²) in [5.74, 6) is 1.63. The predicted molar refractivity (Wildman–Crippen MR) is 105 cm³/mol. The van der Waals surface area contributed by atoms with E-state index in [0.717, 1.165) is 48.8 Å². The van der Waals surface area contributed by atoms with Crippen LogP contribution >= 0.6 is 0 Å². The molecule has 0 spiro atoms. The average Bonchev–Trinajstić information content (AvgIpc) is 3.43. The zero-order valence-corrected chi connectivity index (χ0v) is 16.3. The van der Waals surface area contributed by atoms with Crippen molar-refractivity contribution in [2.24, 2.45) is 10.4 Å². The summed E-state index contributed by atoms with van der Waals surface area (Å²) in [6, 6.07) is 6.18. The van der Waals surface area contributed by atoms with Gasteiger partial charge in [-0.1, -0.05) is 12.1 Å². The summed E-state index contributed by atoms with van der Waals surface area (Å²) in [4.78, 5) is 4.69. The highest BCUT2D eigenvalue weighted by Gasteiger charge is 2.41. The molecule has 0 atom stereocenters. The minimum Gasteiger partial charge on any atom is -0.491 e. The van der Waals surface area contributed by atoms with E-state index < -0.39 is 0 Å². The minimum absolute atomic E-state index is 0.0492. The summed E-state index contributed by atoms with van der Waals surface area (Å²) < 4.78 is 11.2. The van der Waals surface area contributed by atoms with Gasteiger partial charge < -0.3 is 25.2 Å². The summed E-state index contributed by atoms with van der Waals surface area (Å²) in [6.45, 7) is 10.2. The lowest BCUT2D eigenvalue weighted by atomic mass is 10.1. The van der Waals surface area contributed by atoms with E-state index in [1.165, 1.54) is 0 Å². The summed E-state index contributed by atoms with van der Waals surface area (Å²) >= 11 is 0. The van der Waals surface area contributed by atoms with E-state index in [9.17, 15) is 5.11 Å². The Morgan fingerprint density at radius 2 is 2.04 bits per heavy atom. The number of hydrogen-bond acceptors (Lipinski definition) is 4. The van der Waals surface area contributed by atoms with Crippen LogP contribution < -0.4 is 15.4 Å². The Bertz CT molecular complexity index is 586. The topological polar surface area (TPSA) is 75.1 Å². The Kier molecular flexibility index (Phi) is 8.19. The molecule has 3 N–H and O–H groups in total. The Balaban J connectivity index is 1.97. The van der Waals surface area contributed by atoms with Crippen molar-refractivity contribution in [3.63, 3.8) is 0 Å². The van der Waals surface area contributed by atoms with Gasteiger partial charge >= 0.3 is 0 Å². The standard InChI is InChI=1S/C20H33N3O3/c1-4-21-19(23-14-20(15-24)8-9-20)22-13-17-7-6-16(3)12-18(17)26-11-10-25-5-2/h6-7,12,24H,4-5,8-11,13-15H2,1-3H3,(H2,21,22,23). The van der Waals surface area contributed by atoms with Gasteiger partial charge in [0.15, 0.2) is 5.96 Å². The Morgan fingerprint density at radius 3 is 2.69 bits per heavy atom. The van der Waals surface area contributed by atoms with E-state index in [2.05, 4.69) is 34.7 Å². The molecule has 0 heterocycles. The maximum atomic E-state index is 9.46. The second kappa shape index (κ2) is 10.4. The van der Waals surface area contributed by atoms with Crippen LogP contribution in [0.25, 0.3) is 0 Å². The molecule has 0 aliphatic heterocycles. The highest BCUT2D eigenvalue weighted by molar-refractivity contribution is 5.79. The van der Waals surface area contributed by atoms with Gasteiger partial charge in [-0.2, -0.15) is 0 Å². The van der Waals surface area contributed by atoms with Crippen molar-refractivity contribution in [2.45, 2.75) is 40.2 Å². The van der Waals surface area contributed by atoms with Gasteiger partial charge in [-0.25, -0.2) is 4.99 Å². The van der Waals surface area contributed by atoms with Gasteiger partial charge in [0.25, 0.3) is 0 Å². The lowest BCUT2D eigenvalue weighted by Crippen LogP contribution is -2.41. The Morgan fingerprint density at radius 1 is 1.23 bits per heavy atom. The molecule has 0 saturated heterocycles. The number of aliphatic hydroxyl groups excluding tert-OH is 1. The predicted octanol–water partition coefficient (Wildman–Crippen LogP) is 2.24. The number of hydrogen-bond donors (Lipinski definition) is 3. The fourth-order valence-corrected chi connectivity index (χ4v) is 2.63. The van der Waals surface area contributed by atoms with Crippen LogP contribution in [0.3, 0.4) is 0 Å². The number of ether oxygens (including phenoxy) is 2. The van der Waals surface area contributed by atoms with Gasteiger partial charge in [0.1, 0.15) is 12.4 Å². The maximum Gasteiger partial charge on any atom is 0.191 e. The van der Waals surface area contributed by atoms with Crippen LogP contribution in [0.1, 0.15) is 37.8 Å². The zero-order chi connectivity index (χ0) is 18.8. The molecule has 26 heavy (non-hydrogen) atoms. The van der Waals surface area contributed by atoms with E-state index in [1.54, 1.807) is 0 Å². The first kappa shape index (κ1) is 20.5. The van der Waals surface area contributed by atoms with Crippen molar-refractivity contribution in [2.75, 3.05) is 39.5 Å². The molecule has 2 rings (SSSR count). The van der Waals surface area contributed by atoms with Crippen molar-refractivity contribution < 1.29 is 14.6 Å². The number of aliphatic hydroxyl groups is 1. The first-order valence-electron chi connectivity index (χ1n) is 9.55. The fraction of sp³-hybridized carbons (Fsp3) is 0.650. The number of nitrogens with zero attached hydrogens (tertiary/aromatic N) is 1. The van der Waals surface area contributed by atoms with Crippen LogP contribution in [-0.4, -0.2) is 50.6 Å². The number of nitrogens with one attached hydrogen (secondary N) is 2. The number of aliphatic imine (C=N–C) groups is 1. The minimum atomic E-state index is 0.0492. The third kappa shape index (κ3) is 6.50. The van der Waals surface area contributed by atoms with Crippen LogP contribution in [0.5, 0.6) is 5.75 Å². The molecular formula is C20H33N3O3. The monoisotopic (exact) mass is 363 g/mol. The molecule has 0 aromatic heterocycles. The third-order valence-electron chi connectivity index (χ3n) is 4.59. The molecule has 1 aliphatic rings. The smallest absolute Gasteiger partial charge is 0.191 e. The van der Waals surface area contributed by atoms with Gasteiger partial charge in [0, 0.05) is 30.7 Å². The number of benzene rings is 1. The second-order valence-electron chi connectivity index (χ2n) is 6.86. The van der Waals surface area contributed by atoms with Gasteiger partial charge in [0.2, 0.25) is 0 Å². The van der Waals surface area contributed by atoms with Gasteiger partial charge in [0.05, 0.1) is 19.8 Å². The summed E-state index contributed by atoms with van der Waals surface area (Å²) in [6.07, 6.45) is 2.15. The first-order chi connectivity index (χ1) is 12.6. The molecule has 1 aliphatic carbocycles. The Labute approximate surface area is 157 Å². The molecule has 1 saturated carbocycles. The second-order valence-corrected chi connectivity index (χ2v) is 6.86. The van der Waals surface area contributed by atoms with Crippen molar-refractivity contribution in [3.05, 3.63) is 29.3 Å². The van der Waals surface area contributed by atoms with E-state index in [-0.39, 0.29) is 12.0 Å². The van der Waals surface area contributed by atoms with Gasteiger partial charge in [-0.3, -0.25) is 0 Å². The molecule has 0 bridgehead atoms. The van der Waals surface area contributed by atoms with Crippen LogP contribution in [0.15, 0.2) is 23.2 Å². The lowest BCUT2D eigenvalue weighted by molar-refractivity contribution is 0.110. The van der Waals surface area contributed by atoms with E-state index in [1.807, 2.05) is 19.9 Å². The SMILES string of the molecule is CCNC(=NCc1ccc(C)cc1OCCOCC)NCC1(CO)CC1. The molecule has 0 radical (unpaired) electrons. The van der Waals surface area contributed by atoms with Gasteiger partial charge in [-0.15, -0.1) is 0 Å². The normalized spacial score (nSPS) is 15.6. The molecule has 6 heteroatoms. The fourth-order valence-electron chi connectivity index (χ4n) is 2.63. The van der Waals surface area contributed by atoms with E-state index in [0.29, 0.717) is 26.4 Å². The molecular weight excluding hydrogens is 330 g/mol. The lowest BCUT2D eigenvalue weighted by Gasteiger charge is -2.17. The summed E-state index contributed by atoms with van der Waals surface area (Å²) in [5, 5.41) is 16.1. The molecule has 6 nitrogen and oxygen atoms in total. The average molecular weight is 364 g/mol. The van der Waals surface area contributed by atoms with E-state index >= 15 is 0 Å². The first-order valence-corrected chi connectivity index (χ1v) is 9.55. The molecule has 146 valence electrons. The van der Waals surface area contributed by atoms with Crippen LogP contribution in [0, 0.1) is 12.3 Å².